The summed E-state index contributed by atoms with van der Waals surface area (Å²) in [6.07, 6.45) is 4.90. The molecule has 0 aromatic carbocycles. The molecule has 0 unspecified atom stereocenters. The molecule has 5 nitrogen and oxygen atoms in total. The van der Waals surface area contributed by atoms with Crippen LogP contribution in [0.1, 0.15) is 46.6 Å². The third-order valence-corrected chi connectivity index (χ3v) is 4.11. The Kier molecular flexibility index (Phi) is 3.22. The highest BCUT2D eigenvalue weighted by molar-refractivity contribution is 5.90. The predicted octanol–water partition coefficient (Wildman–Crippen LogP) is 1.95. The van der Waals surface area contributed by atoms with E-state index >= 15 is 0 Å². The van der Waals surface area contributed by atoms with Gasteiger partial charge in [0.05, 0.1) is 18.9 Å². The number of carboxylic acid groups (broad SMARTS) is 1. The zero-order valence-corrected chi connectivity index (χ0v) is 11.4. The fourth-order valence-electron chi connectivity index (χ4n) is 3.17. The van der Waals surface area contributed by atoms with Crippen molar-refractivity contribution in [3.8, 4) is 0 Å². The van der Waals surface area contributed by atoms with Crippen LogP contribution >= 0.6 is 0 Å². The monoisotopic (exact) mass is 275 g/mol. The number of ether oxygens (including phenoxy) is 1. The van der Waals surface area contributed by atoms with Gasteiger partial charge in [-0.15, -0.1) is 0 Å². The number of pyridine rings is 1. The Labute approximate surface area is 116 Å². The normalized spacial score (nSPS) is 17.8. The lowest BCUT2D eigenvalue weighted by Gasteiger charge is -2.25. The van der Waals surface area contributed by atoms with Gasteiger partial charge >= 0.3 is 5.97 Å². The molecule has 0 bridgehead atoms. The third-order valence-electron chi connectivity index (χ3n) is 4.11. The molecule has 1 N–H and O–H groups in total. The third kappa shape index (κ3) is 1.89. The second kappa shape index (κ2) is 4.90. The molecule has 0 saturated carbocycles. The minimum atomic E-state index is -1.16. The van der Waals surface area contributed by atoms with E-state index in [1.54, 1.807) is 0 Å². The SMILES string of the molecule is Cc1c(C2=CCCC2)c(=O)c(C(=O)O)c2n1CCOC2. The summed E-state index contributed by atoms with van der Waals surface area (Å²) in [6.45, 7) is 3.24. The van der Waals surface area contributed by atoms with Gasteiger partial charge in [-0.3, -0.25) is 4.79 Å². The average molecular weight is 275 g/mol. The average Bonchev–Trinajstić information content (AvgIpc) is 2.92. The van der Waals surface area contributed by atoms with Crippen LogP contribution in [0.2, 0.25) is 0 Å². The van der Waals surface area contributed by atoms with Crippen LogP contribution in [-0.4, -0.2) is 22.2 Å². The van der Waals surface area contributed by atoms with Crippen molar-refractivity contribution in [3.05, 3.63) is 38.8 Å². The first kappa shape index (κ1) is 13.1. The van der Waals surface area contributed by atoms with Crippen LogP contribution in [0.4, 0.5) is 0 Å². The lowest BCUT2D eigenvalue weighted by atomic mass is 9.98. The number of fused-ring (bicyclic) bond motifs is 1. The summed E-state index contributed by atoms with van der Waals surface area (Å²) < 4.78 is 7.26. The van der Waals surface area contributed by atoms with E-state index in [1.165, 1.54) is 0 Å². The maximum atomic E-state index is 12.6. The number of hydrogen-bond donors (Lipinski definition) is 1. The Bertz CT molecular complexity index is 669. The second-order valence-corrected chi connectivity index (χ2v) is 5.24. The first-order valence-corrected chi connectivity index (χ1v) is 6.88. The summed E-state index contributed by atoms with van der Waals surface area (Å²) in [5.74, 6) is -1.16. The molecule has 2 heterocycles. The van der Waals surface area contributed by atoms with Crippen LogP contribution in [0.25, 0.3) is 5.57 Å². The van der Waals surface area contributed by atoms with Gasteiger partial charge in [-0.2, -0.15) is 0 Å². The Morgan fingerprint density at radius 1 is 1.45 bits per heavy atom. The molecular formula is C15H17NO4. The number of allylic oxidation sites excluding steroid dienone is 2. The van der Waals surface area contributed by atoms with Crippen LogP contribution < -0.4 is 5.43 Å². The van der Waals surface area contributed by atoms with Gasteiger partial charge in [-0.05, 0) is 31.8 Å². The molecule has 0 atom stereocenters. The first-order chi connectivity index (χ1) is 9.61. The molecule has 0 saturated heterocycles. The minimum Gasteiger partial charge on any atom is -0.477 e. The lowest BCUT2D eigenvalue weighted by molar-refractivity contribution is 0.0647. The van der Waals surface area contributed by atoms with Gasteiger partial charge in [-0.1, -0.05) is 6.08 Å². The van der Waals surface area contributed by atoms with Crippen molar-refractivity contribution in [3.63, 3.8) is 0 Å². The van der Waals surface area contributed by atoms with E-state index < -0.39 is 5.97 Å². The number of aromatic nitrogens is 1. The van der Waals surface area contributed by atoms with E-state index in [4.69, 9.17) is 4.74 Å². The summed E-state index contributed by atoms with van der Waals surface area (Å²) in [6, 6.07) is 0. The van der Waals surface area contributed by atoms with Gasteiger partial charge in [0.15, 0.2) is 0 Å². The number of rotatable bonds is 2. The Balaban J connectivity index is 2.33. The van der Waals surface area contributed by atoms with Crippen LogP contribution in [0, 0.1) is 6.92 Å². The smallest absolute Gasteiger partial charge is 0.341 e. The molecule has 0 radical (unpaired) electrons. The fourth-order valence-corrected chi connectivity index (χ4v) is 3.17. The van der Waals surface area contributed by atoms with E-state index in [-0.39, 0.29) is 17.6 Å². The number of aromatic carboxylic acids is 1. The molecule has 5 heteroatoms. The van der Waals surface area contributed by atoms with Crippen LogP contribution in [-0.2, 0) is 17.9 Å². The minimum absolute atomic E-state index is 0.127. The van der Waals surface area contributed by atoms with Gasteiger partial charge in [0.2, 0.25) is 5.43 Å². The lowest BCUT2D eigenvalue weighted by Crippen LogP contribution is -2.32. The Hall–Kier alpha value is -1.88. The largest absolute Gasteiger partial charge is 0.477 e. The quantitative estimate of drug-likeness (QED) is 0.895. The highest BCUT2D eigenvalue weighted by Gasteiger charge is 2.27. The summed E-state index contributed by atoms with van der Waals surface area (Å²) in [5, 5.41) is 9.39. The summed E-state index contributed by atoms with van der Waals surface area (Å²) >= 11 is 0. The molecule has 0 spiro atoms. The van der Waals surface area contributed by atoms with Gasteiger partial charge in [0.25, 0.3) is 0 Å². The van der Waals surface area contributed by atoms with Gasteiger partial charge in [0.1, 0.15) is 5.56 Å². The number of hydrogen-bond acceptors (Lipinski definition) is 3. The van der Waals surface area contributed by atoms with Crippen molar-refractivity contribution in [2.24, 2.45) is 0 Å². The van der Waals surface area contributed by atoms with Crippen molar-refractivity contribution >= 4 is 11.5 Å². The van der Waals surface area contributed by atoms with Gasteiger partial charge in [0, 0.05) is 17.8 Å². The molecule has 3 rings (SSSR count). The summed E-state index contributed by atoms with van der Waals surface area (Å²) in [5.41, 5.74) is 2.46. The zero-order chi connectivity index (χ0) is 14.3. The molecule has 20 heavy (non-hydrogen) atoms. The number of nitrogens with zero attached hydrogens (tertiary/aromatic N) is 1. The summed E-state index contributed by atoms with van der Waals surface area (Å²) in [7, 11) is 0. The highest BCUT2D eigenvalue weighted by atomic mass is 16.5. The molecule has 1 aromatic heterocycles. The Morgan fingerprint density at radius 3 is 2.90 bits per heavy atom. The van der Waals surface area contributed by atoms with Crippen molar-refractivity contribution in [1.82, 2.24) is 4.57 Å². The molecule has 1 aliphatic heterocycles. The van der Waals surface area contributed by atoms with Crippen LogP contribution in [0.3, 0.4) is 0 Å². The molecule has 0 amide bonds. The Morgan fingerprint density at radius 2 is 2.25 bits per heavy atom. The zero-order valence-electron chi connectivity index (χ0n) is 11.4. The maximum absolute atomic E-state index is 12.6. The number of carbonyl (C=O) groups is 1. The maximum Gasteiger partial charge on any atom is 0.341 e. The van der Waals surface area contributed by atoms with Crippen molar-refractivity contribution in [2.75, 3.05) is 6.61 Å². The van der Waals surface area contributed by atoms with Gasteiger partial charge < -0.3 is 14.4 Å². The van der Waals surface area contributed by atoms with Crippen molar-refractivity contribution < 1.29 is 14.6 Å². The first-order valence-electron chi connectivity index (χ1n) is 6.88. The van der Waals surface area contributed by atoms with E-state index in [9.17, 15) is 14.7 Å². The molecule has 1 aromatic rings. The van der Waals surface area contributed by atoms with E-state index in [1.807, 2.05) is 11.5 Å². The molecular weight excluding hydrogens is 258 g/mol. The van der Waals surface area contributed by atoms with E-state index in [0.717, 1.165) is 30.5 Å². The van der Waals surface area contributed by atoms with Crippen molar-refractivity contribution in [1.29, 1.82) is 0 Å². The van der Waals surface area contributed by atoms with Gasteiger partial charge in [-0.25, -0.2) is 4.79 Å². The van der Waals surface area contributed by atoms with Crippen molar-refractivity contribution in [2.45, 2.75) is 39.3 Å². The fraction of sp³-hybridized carbons (Fsp3) is 0.467. The number of carboxylic acids is 1. The molecule has 106 valence electrons. The predicted molar refractivity (Wildman–Crippen MR) is 73.9 cm³/mol. The van der Waals surface area contributed by atoms with E-state index in [0.29, 0.717) is 24.4 Å². The van der Waals surface area contributed by atoms with Crippen LogP contribution in [0.15, 0.2) is 10.9 Å². The van der Waals surface area contributed by atoms with E-state index in [2.05, 4.69) is 6.08 Å². The summed E-state index contributed by atoms with van der Waals surface area (Å²) in [4.78, 5) is 24.1. The highest BCUT2D eigenvalue weighted by Crippen LogP contribution is 2.29. The standard InChI is InChI=1S/C15H17NO4/c1-9-12(10-4-2-3-5-10)14(17)13(15(18)19)11-8-20-7-6-16(9)11/h4H,2-3,5-8H2,1H3,(H,18,19). The second-order valence-electron chi connectivity index (χ2n) is 5.24. The van der Waals surface area contributed by atoms with Crippen LogP contribution in [0.5, 0.6) is 0 Å². The molecule has 0 fully saturated rings. The topological polar surface area (TPSA) is 68.5 Å². The molecule has 2 aliphatic rings. The molecule has 1 aliphatic carbocycles.